The summed E-state index contributed by atoms with van der Waals surface area (Å²) in [6.07, 6.45) is 9.18. The lowest BCUT2D eigenvalue weighted by atomic mass is 10.1. The highest BCUT2D eigenvalue weighted by Crippen LogP contribution is 2.15. The number of piperidine rings is 2. The van der Waals surface area contributed by atoms with Crippen LogP contribution in [0.4, 0.5) is 0 Å². The van der Waals surface area contributed by atoms with E-state index in [0.29, 0.717) is 0 Å². The van der Waals surface area contributed by atoms with Crippen LogP contribution in [0.3, 0.4) is 0 Å². The van der Waals surface area contributed by atoms with Gasteiger partial charge < -0.3 is 14.8 Å². The lowest BCUT2D eigenvalue weighted by molar-refractivity contribution is -0.883. The molecule has 0 N–H and O–H groups in total. The number of rotatable bonds is 3. The molecule has 2 fully saturated rings. The molecule has 3 nitrogen and oxygen atoms in total. The quantitative estimate of drug-likeness (QED) is 0.571. The van der Waals surface area contributed by atoms with Crippen LogP contribution in [0.15, 0.2) is 0 Å². The van der Waals surface area contributed by atoms with E-state index in [1.165, 1.54) is 51.7 Å². The molecule has 18 heavy (non-hydrogen) atoms. The molecular weight excluding hydrogens is 224 g/mol. The lowest BCUT2D eigenvalue weighted by Crippen LogP contribution is -2.45. The maximum absolute atomic E-state index is 11.4. The summed E-state index contributed by atoms with van der Waals surface area (Å²) >= 11 is 0. The molecule has 0 aromatic rings. The van der Waals surface area contributed by atoms with Crippen molar-refractivity contribution >= 4 is 0 Å². The Morgan fingerprint density at radius 2 is 1.44 bits per heavy atom. The summed E-state index contributed by atoms with van der Waals surface area (Å²) in [5.74, 6) is 0. The van der Waals surface area contributed by atoms with Crippen molar-refractivity contribution in [2.24, 2.45) is 0 Å². The standard InChI is InChI=1S/C8H17N.C7H15NO/c1-2-6-9-7-4-3-5-8-9;1-2-8(9)6-4-3-5-7-8/h2-8H2,1H3;2-7H2,1H3. The number of hydrogen-bond acceptors (Lipinski definition) is 2. The Labute approximate surface area is 113 Å². The molecule has 2 heterocycles. The van der Waals surface area contributed by atoms with Gasteiger partial charge in [0, 0.05) is 0 Å². The molecule has 0 radical (unpaired) electrons. The molecule has 0 saturated carbocycles. The molecule has 0 aliphatic carbocycles. The van der Waals surface area contributed by atoms with E-state index < -0.39 is 0 Å². The summed E-state index contributed by atoms with van der Waals surface area (Å²) in [4.78, 5) is 2.57. The lowest BCUT2D eigenvalue weighted by Gasteiger charge is -2.44. The van der Waals surface area contributed by atoms with Crippen molar-refractivity contribution in [3.05, 3.63) is 5.21 Å². The summed E-state index contributed by atoms with van der Waals surface area (Å²) in [5, 5.41) is 11.4. The van der Waals surface area contributed by atoms with Crippen molar-refractivity contribution in [2.45, 2.75) is 58.8 Å². The van der Waals surface area contributed by atoms with E-state index in [0.717, 1.165) is 32.5 Å². The van der Waals surface area contributed by atoms with Crippen LogP contribution in [0.5, 0.6) is 0 Å². The van der Waals surface area contributed by atoms with Gasteiger partial charge in [-0.25, -0.2) is 0 Å². The Morgan fingerprint density at radius 1 is 0.889 bits per heavy atom. The Balaban J connectivity index is 0.000000180. The zero-order valence-corrected chi connectivity index (χ0v) is 12.5. The number of hydrogen-bond donors (Lipinski definition) is 0. The maximum atomic E-state index is 11.4. The fourth-order valence-corrected chi connectivity index (χ4v) is 2.90. The smallest absolute Gasteiger partial charge is 0.0783 e. The van der Waals surface area contributed by atoms with Crippen molar-refractivity contribution in [3.63, 3.8) is 0 Å². The van der Waals surface area contributed by atoms with Gasteiger partial charge in [0.05, 0.1) is 19.6 Å². The second-order valence-corrected chi connectivity index (χ2v) is 5.78. The van der Waals surface area contributed by atoms with E-state index in [1.54, 1.807) is 0 Å². The van der Waals surface area contributed by atoms with E-state index in [-0.39, 0.29) is 4.65 Å². The first-order valence-corrected chi connectivity index (χ1v) is 7.99. The number of quaternary nitrogens is 1. The Hall–Kier alpha value is -0.120. The highest BCUT2D eigenvalue weighted by atomic mass is 16.5. The van der Waals surface area contributed by atoms with E-state index >= 15 is 0 Å². The molecule has 0 spiro atoms. The van der Waals surface area contributed by atoms with Crippen LogP contribution in [-0.2, 0) is 0 Å². The predicted molar refractivity (Wildman–Crippen MR) is 78.3 cm³/mol. The zero-order valence-electron chi connectivity index (χ0n) is 12.5. The fraction of sp³-hybridized carbons (Fsp3) is 1.00. The van der Waals surface area contributed by atoms with Gasteiger partial charge in [0.15, 0.2) is 0 Å². The van der Waals surface area contributed by atoms with Crippen LogP contribution >= 0.6 is 0 Å². The molecule has 0 bridgehead atoms. The topological polar surface area (TPSA) is 26.3 Å². The summed E-state index contributed by atoms with van der Waals surface area (Å²) in [5.41, 5.74) is 0. The molecule has 0 aromatic heterocycles. The van der Waals surface area contributed by atoms with Gasteiger partial charge in [0.1, 0.15) is 0 Å². The molecule has 2 aliphatic heterocycles. The monoisotopic (exact) mass is 256 g/mol. The minimum Gasteiger partial charge on any atom is -0.633 e. The first kappa shape index (κ1) is 15.9. The molecule has 108 valence electrons. The van der Waals surface area contributed by atoms with Crippen molar-refractivity contribution in [3.8, 4) is 0 Å². The first-order chi connectivity index (χ1) is 8.70. The van der Waals surface area contributed by atoms with Gasteiger partial charge in [0.2, 0.25) is 0 Å². The minimum atomic E-state index is 0.0694. The molecule has 0 amide bonds. The molecule has 2 saturated heterocycles. The molecule has 3 heteroatoms. The normalized spacial score (nSPS) is 24.2. The second-order valence-electron chi connectivity index (χ2n) is 5.78. The van der Waals surface area contributed by atoms with Gasteiger partial charge in [-0.3, -0.25) is 0 Å². The van der Waals surface area contributed by atoms with Gasteiger partial charge in [-0.05, 0) is 65.1 Å². The van der Waals surface area contributed by atoms with Crippen LogP contribution in [0, 0.1) is 5.21 Å². The largest absolute Gasteiger partial charge is 0.633 e. The molecular formula is C15H32N2O. The van der Waals surface area contributed by atoms with Gasteiger partial charge in [-0.15, -0.1) is 0 Å². The number of hydroxylamine groups is 3. The highest BCUT2D eigenvalue weighted by Gasteiger charge is 2.17. The van der Waals surface area contributed by atoms with Crippen molar-refractivity contribution in [2.75, 3.05) is 39.3 Å². The van der Waals surface area contributed by atoms with Crippen LogP contribution < -0.4 is 0 Å². The number of likely N-dealkylation sites (tertiary alicyclic amines) is 2. The molecule has 0 unspecified atom stereocenters. The predicted octanol–water partition coefficient (Wildman–Crippen LogP) is 3.39. The van der Waals surface area contributed by atoms with Crippen molar-refractivity contribution < 1.29 is 4.65 Å². The fourth-order valence-electron chi connectivity index (χ4n) is 2.90. The first-order valence-electron chi connectivity index (χ1n) is 7.99. The third-order valence-corrected chi connectivity index (χ3v) is 4.20. The second kappa shape index (κ2) is 8.89. The molecule has 2 rings (SSSR count). The highest BCUT2D eigenvalue weighted by molar-refractivity contribution is 4.62. The Morgan fingerprint density at radius 3 is 1.89 bits per heavy atom. The van der Waals surface area contributed by atoms with E-state index in [2.05, 4.69) is 11.8 Å². The molecule has 0 atom stereocenters. The third-order valence-electron chi connectivity index (χ3n) is 4.20. The van der Waals surface area contributed by atoms with Crippen LogP contribution in [-0.4, -0.2) is 48.8 Å². The van der Waals surface area contributed by atoms with Crippen LogP contribution in [0.25, 0.3) is 0 Å². The van der Waals surface area contributed by atoms with Crippen molar-refractivity contribution in [1.82, 2.24) is 4.90 Å². The summed E-state index contributed by atoms with van der Waals surface area (Å²) < 4.78 is 0.0694. The van der Waals surface area contributed by atoms with E-state index in [4.69, 9.17) is 0 Å². The Bertz CT molecular complexity index is 194. The Kier molecular flexibility index (Phi) is 7.87. The SMILES string of the molecule is CCCN1CCCCC1.CC[N+]1([O-])CCCCC1. The van der Waals surface area contributed by atoms with Gasteiger partial charge in [-0.1, -0.05) is 13.3 Å². The minimum absolute atomic E-state index is 0.0694. The van der Waals surface area contributed by atoms with Gasteiger partial charge in [-0.2, -0.15) is 0 Å². The molecule has 0 aromatic carbocycles. The van der Waals surface area contributed by atoms with Gasteiger partial charge >= 0.3 is 0 Å². The summed E-state index contributed by atoms with van der Waals surface area (Å²) in [6, 6.07) is 0. The zero-order chi connectivity index (χ0) is 13.3. The van der Waals surface area contributed by atoms with Gasteiger partial charge in [0.25, 0.3) is 0 Å². The summed E-state index contributed by atoms with van der Waals surface area (Å²) in [6.45, 7) is 10.8. The maximum Gasteiger partial charge on any atom is 0.0783 e. The van der Waals surface area contributed by atoms with E-state index in [1.807, 2.05) is 6.92 Å². The van der Waals surface area contributed by atoms with Crippen LogP contribution in [0.1, 0.15) is 58.8 Å². The van der Waals surface area contributed by atoms with Crippen molar-refractivity contribution in [1.29, 1.82) is 0 Å². The van der Waals surface area contributed by atoms with Crippen LogP contribution in [0.2, 0.25) is 0 Å². The average Bonchev–Trinajstić information content (AvgIpc) is 2.42. The molecule has 2 aliphatic rings. The third kappa shape index (κ3) is 6.17. The summed E-state index contributed by atoms with van der Waals surface area (Å²) in [7, 11) is 0. The van der Waals surface area contributed by atoms with E-state index in [9.17, 15) is 5.21 Å². The average molecular weight is 256 g/mol. The number of nitrogens with zero attached hydrogens (tertiary/aromatic N) is 2.